The molecule has 2 aliphatic rings. The number of nitrogen functional groups attached to an aromatic ring is 1. The first-order chi connectivity index (χ1) is 35.2. The zero-order chi connectivity index (χ0) is 51.8. The smallest absolute Gasteiger partial charge is 0.338 e. The number of hydrogen-bond acceptors (Lipinski definition) is 10. The minimum atomic E-state index is -0.697. The Morgan fingerprint density at radius 3 is 1.45 bits per heavy atom. The number of fused-ring (bicyclic) bond motifs is 6. The summed E-state index contributed by atoms with van der Waals surface area (Å²) in [4.78, 5) is 40.6. The van der Waals surface area contributed by atoms with Gasteiger partial charge in [-0.2, -0.15) is 0 Å². The maximum absolute atomic E-state index is 14.7. The number of carbonyl (C=O) groups excluding carboxylic acids is 2. The van der Waals surface area contributed by atoms with Crippen LogP contribution in [0.3, 0.4) is 0 Å². The van der Waals surface area contributed by atoms with Crippen LogP contribution in [0.15, 0.2) is 156 Å². The molecule has 17 heteroatoms. The Morgan fingerprint density at radius 2 is 0.986 bits per heavy atom. The van der Waals surface area contributed by atoms with Gasteiger partial charge in [0.15, 0.2) is 0 Å². The van der Waals surface area contributed by atoms with Crippen molar-refractivity contribution in [1.29, 1.82) is 0 Å². The number of anilines is 3. The number of rotatable bonds is 8. The monoisotopic (exact) mass is 1040 g/mol. The molecular weight excluding hydrogens is 1000 g/mol. The molecule has 73 heavy (non-hydrogen) atoms. The Kier molecular flexibility index (Phi) is 16.3. The minimum Gasteiger partial charge on any atom is -0.462 e. The van der Waals surface area contributed by atoms with Crippen LogP contribution in [-0.4, -0.2) is 46.5 Å². The third-order valence-corrected chi connectivity index (χ3v) is 12.0. The molecule has 2 aliphatic heterocycles. The van der Waals surface area contributed by atoms with Crippen molar-refractivity contribution in [1.82, 2.24) is 9.97 Å². The lowest BCUT2D eigenvalue weighted by Gasteiger charge is -2.14. The van der Waals surface area contributed by atoms with Crippen LogP contribution in [0.25, 0.3) is 22.3 Å². The summed E-state index contributed by atoms with van der Waals surface area (Å²) < 4.78 is 68.0. The molecule has 0 saturated heterocycles. The summed E-state index contributed by atoms with van der Waals surface area (Å²) in [6, 6.07) is 34.9. The first kappa shape index (κ1) is 51.4. The van der Waals surface area contributed by atoms with Crippen molar-refractivity contribution >= 4 is 75.4 Å². The number of benzene rings is 6. The number of nitrogens with one attached hydrogen (secondary N) is 1. The van der Waals surface area contributed by atoms with Crippen LogP contribution in [0, 0.1) is 23.3 Å². The van der Waals surface area contributed by atoms with E-state index < -0.39 is 23.3 Å². The predicted molar refractivity (Wildman–Crippen MR) is 278 cm³/mol. The average Bonchev–Trinajstić information content (AvgIpc) is 3.62. The number of aromatic nitrogens is 2. The average molecular weight is 1040 g/mol. The molecule has 0 fully saturated rings. The quantitative estimate of drug-likeness (QED) is 0.0663. The number of nitrogens with zero attached hydrogens (tertiary/aromatic N) is 4. The third-order valence-electron chi connectivity index (χ3n) is 11.3. The number of esters is 2. The second-order valence-corrected chi connectivity index (χ2v) is 17.3. The highest BCUT2D eigenvalue weighted by Gasteiger charge is 2.26. The molecular formula is C56H41Cl3F4N6O4. The maximum Gasteiger partial charge on any atom is 0.338 e. The second kappa shape index (κ2) is 23.1. The van der Waals surface area contributed by atoms with Gasteiger partial charge in [-0.1, -0.05) is 59.1 Å². The molecule has 0 spiro atoms. The highest BCUT2D eigenvalue weighted by atomic mass is 35.5. The first-order valence-electron chi connectivity index (χ1n) is 22.5. The van der Waals surface area contributed by atoms with Crippen LogP contribution >= 0.6 is 34.8 Å². The summed E-state index contributed by atoms with van der Waals surface area (Å²) in [5, 5.41) is 4.44. The number of nitrogens with two attached hydrogens (primary N) is 1. The fraction of sp³-hybridized carbons (Fsp3) is 0.107. The van der Waals surface area contributed by atoms with E-state index in [1.54, 1.807) is 111 Å². The first-order valence-corrected chi connectivity index (χ1v) is 23.6. The molecule has 4 heterocycles. The zero-order valence-corrected chi connectivity index (χ0v) is 41.1. The van der Waals surface area contributed by atoms with E-state index in [1.807, 2.05) is 12.1 Å². The summed E-state index contributed by atoms with van der Waals surface area (Å²) in [6.07, 6.45) is 3.31. The van der Waals surface area contributed by atoms with Gasteiger partial charge in [-0.15, -0.1) is 0 Å². The second-order valence-electron chi connectivity index (χ2n) is 16.1. The Bertz CT molecular complexity index is 3410. The molecule has 10 nitrogen and oxygen atoms in total. The predicted octanol–water partition coefficient (Wildman–Crippen LogP) is 14.1. The molecule has 2 aromatic heterocycles. The van der Waals surface area contributed by atoms with Gasteiger partial charge < -0.3 is 20.5 Å². The van der Waals surface area contributed by atoms with E-state index in [0.29, 0.717) is 62.2 Å². The SMILES string of the molecule is CCOC(=O)c1ccc(N)cc1.CCOC(=O)c1ccc(Nc2cc3c(cn2)CN=C(c2c(F)cccc2F)c2cc(Cl)ccc2-3)cc1.Fc1cccc(F)c1C1=NCc2cnc(Cl)cc2-c2ccc(Cl)cc21. The Labute approximate surface area is 432 Å². The molecule has 0 saturated carbocycles. The minimum absolute atomic E-state index is 0.169. The molecule has 0 unspecified atom stereocenters. The number of ether oxygens (including phenoxy) is 2. The van der Waals surface area contributed by atoms with E-state index in [2.05, 4.69) is 25.3 Å². The van der Waals surface area contributed by atoms with Crippen LogP contribution in [0.1, 0.15) is 67.9 Å². The number of pyridine rings is 2. The van der Waals surface area contributed by atoms with Crippen molar-refractivity contribution in [3.05, 3.63) is 229 Å². The van der Waals surface area contributed by atoms with E-state index in [1.165, 1.54) is 36.4 Å². The molecule has 0 bridgehead atoms. The highest BCUT2D eigenvalue weighted by Crippen LogP contribution is 2.38. The van der Waals surface area contributed by atoms with Crippen LogP contribution in [0.4, 0.5) is 34.8 Å². The summed E-state index contributed by atoms with van der Waals surface area (Å²) in [5.74, 6) is -2.88. The van der Waals surface area contributed by atoms with Crippen molar-refractivity contribution in [2.45, 2.75) is 26.9 Å². The summed E-state index contributed by atoms with van der Waals surface area (Å²) in [5.41, 5.74) is 13.7. The van der Waals surface area contributed by atoms with Crippen LogP contribution in [0.2, 0.25) is 15.2 Å². The number of hydrogen-bond donors (Lipinski definition) is 2. The topological polar surface area (TPSA) is 141 Å². The van der Waals surface area contributed by atoms with Crippen LogP contribution in [-0.2, 0) is 22.6 Å². The lowest BCUT2D eigenvalue weighted by atomic mass is 9.92. The van der Waals surface area contributed by atoms with Gasteiger partial charge in [0.05, 0.1) is 60.0 Å². The van der Waals surface area contributed by atoms with Gasteiger partial charge in [0.1, 0.15) is 34.2 Å². The lowest BCUT2D eigenvalue weighted by molar-refractivity contribution is 0.0517. The van der Waals surface area contributed by atoms with Gasteiger partial charge in [-0.05, 0) is 156 Å². The fourth-order valence-electron chi connectivity index (χ4n) is 7.92. The summed E-state index contributed by atoms with van der Waals surface area (Å²) >= 11 is 18.5. The van der Waals surface area contributed by atoms with Crippen LogP contribution < -0.4 is 11.1 Å². The van der Waals surface area contributed by atoms with E-state index in [9.17, 15) is 27.2 Å². The van der Waals surface area contributed by atoms with Gasteiger partial charge in [0.2, 0.25) is 0 Å². The molecule has 0 amide bonds. The Balaban J connectivity index is 0.000000165. The van der Waals surface area contributed by atoms with E-state index in [4.69, 9.17) is 50.0 Å². The number of aliphatic imine (C=N–C) groups is 2. The van der Waals surface area contributed by atoms with Gasteiger partial charge in [0.25, 0.3) is 0 Å². The lowest BCUT2D eigenvalue weighted by Crippen LogP contribution is -2.10. The fourth-order valence-corrected chi connectivity index (χ4v) is 8.42. The molecule has 368 valence electrons. The molecule has 3 N–H and O–H groups in total. The third kappa shape index (κ3) is 11.9. The molecule has 10 rings (SSSR count). The van der Waals surface area contributed by atoms with Crippen molar-refractivity contribution in [2.24, 2.45) is 9.98 Å². The molecule has 0 radical (unpaired) electrons. The molecule has 0 aliphatic carbocycles. The zero-order valence-electron chi connectivity index (χ0n) is 38.8. The Morgan fingerprint density at radius 1 is 0.548 bits per heavy atom. The summed E-state index contributed by atoms with van der Waals surface area (Å²) in [7, 11) is 0. The highest BCUT2D eigenvalue weighted by molar-refractivity contribution is 6.32. The van der Waals surface area contributed by atoms with Crippen molar-refractivity contribution in [3.8, 4) is 22.3 Å². The van der Waals surface area contributed by atoms with E-state index in [0.717, 1.165) is 39.1 Å². The van der Waals surface area contributed by atoms with E-state index >= 15 is 0 Å². The van der Waals surface area contributed by atoms with Gasteiger partial charge in [0, 0.05) is 44.9 Å². The van der Waals surface area contributed by atoms with Gasteiger partial charge in [-0.25, -0.2) is 37.1 Å². The largest absolute Gasteiger partial charge is 0.462 e. The summed E-state index contributed by atoms with van der Waals surface area (Å²) in [6.45, 7) is 4.64. The molecule has 6 aromatic carbocycles. The molecule has 0 atom stereocenters. The van der Waals surface area contributed by atoms with Gasteiger partial charge >= 0.3 is 11.9 Å². The van der Waals surface area contributed by atoms with E-state index in [-0.39, 0.29) is 47.6 Å². The van der Waals surface area contributed by atoms with Crippen molar-refractivity contribution in [3.63, 3.8) is 0 Å². The van der Waals surface area contributed by atoms with Gasteiger partial charge in [-0.3, -0.25) is 9.98 Å². The van der Waals surface area contributed by atoms with Crippen molar-refractivity contribution < 1.29 is 36.6 Å². The molecule has 8 aromatic rings. The van der Waals surface area contributed by atoms with Crippen LogP contribution in [0.5, 0.6) is 0 Å². The normalized spacial score (nSPS) is 12.0. The Hall–Kier alpha value is -7.91. The maximum atomic E-state index is 14.7. The number of halogens is 7. The standard InChI is InChI=1S/C28H20ClF2N3O2.C19H10Cl2F2N2.C9H11NO2/c1-2-36-28(35)16-6-9-19(10-7-16)34-25-13-21-17(14-32-25)15-33-27(22-12-18(29)8-11-20(21)22)26-23(30)4-3-5-24(26)31;20-11-4-5-12-13-7-17(21)24-8-10(13)9-25-19(14(12)6-11)18-15(22)2-1-3-16(18)23;1-2-12-9(11)7-3-5-8(10)6-4-7/h3-14H,2,15H2,1H3,(H,32,34);1-8H,9H2;3-6H,2,10H2,1H3. The number of carbonyl (C=O) groups is 2. The van der Waals surface area contributed by atoms with Crippen molar-refractivity contribution in [2.75, 3.05) is 24.3 Å².